The normalized spacial score (nSPS) is 16.3. The predicted molar refractivity (Wildman–Crippen MR) is 68.0 cm³/mol. The number of nitrogens with one attached hydrogen (secondary N) is 1. The van der Waals surface area contributed by atoms with Gasteiger partial charge < -0.3 is 10.2 Å². The standard InChI is InChI=1S/C10H20N2O.2ClH/c1-10(2,3)8-9(13)12-6-4-11-5-7-12;;/h11H,4-8H2,1-3H3;2*1H. The molecule has 15 heavy (non-hydrogen) atoms. The Morgan fingerprint density at radius 2 is 1.67 bits per heavy atom. The third kappa shape index (κ3) is 6.98. The zero-order valence-electron chi connectivity index (χ0n) is 9.71. The lowest BCUT2D eigenvalue weighted by Crippen LogP contribution is -2.47. The van der Waals surface area contributed by atoms with Gasteiger partial charge in [0, 0.05) is 32.6 Å². The van der Waals surface area contributed by atoms with E-state index in [1.54, 1.807) is 0 Å². The zero-order valence-corrected chi connectivity index (χ0v) is 11.3. The van der Waals surface area contributed by atoms with Crippen molar-refractivity contribution in [1.82, 2.24) is 10.2 Å². The monoisotopic (exact) mass is 256 g/mol. The van der Waals surface area contributed by atoms with Crippen LogP contribution in [0.25, 0.3) is 0 Å². The molecule has 0 unspecified atom stereocenters. The molecule has 3 nitrogen and oxygen atoms in total. The second kappa shape index (κ2) is 7.31. The first-order valence-electron chi connectivity index (χ1n) is 4.97. The molecule has 1 aliphatic rings. The average Bonchev–Trinajstić information content (AvgIpc) is 2.03. The first-order chi connectivity index (χ1) is 5.99. The van der Waals surface area contributed by atoms with Crippen molar-refractivity contribution in [2.24, 2.45) is 5.41 Å². The zero-order chi connectivity index (χ0) is 9.90. The highest BCUT2D eigenvalue weighted by Gasteiger charge is 2.21. The van der Waals surface area contributed by atoms with Gasteiger partial charge in [-0.15, -0.1) is 24.8 Å². The predicted octanol–water partition coefficient (Wildman–Crippen LogP) is 1.70. The van der Waals surface area contributed by atoms with Crippen LogP contribution < -0.4 is 5.32 Å². The van der Waals surface area contributed by atoms with Crippen LogP contribution >= 0.6 is 24.8 Å². The summed E-state index contributed by atoms with van der Waals surface area (Å²) >= 11 is 0. The molecule has 1 heterocycles. The van der Waals surface area contributed by atoms with Crippen molar-refractivity contribution in [3.8, 4) is 0 Å². The maximum Gasteiger partial charge on any atom is 0.223 e. The van der Waals surface area contributed by atoms with E-state index in [2.05, 4.69) is 26.1 Å². The van der Waals surface area contributed by atoms with E-state index in [1.807, 2.05) is 4.90 Å². The van der Waals surface area contributed by atoms with Gasteiger partial charge in [0.1, 0.15) is 0 Å². The molecule has 92 valence electrons. The summed E-state index contributed by atoms with van der Waals surface area (Å²) in [5, 5.41) is 3.24. The third-order valence-corrected chi connectivity index (χ3v) is 2.15. The highest BCUT2D eigenvalue weighted by Crippen LogP contribution is 2.19. The minimum Gasteiger partial charge on any atom is -0.340 e. The molecule has 0 radical (unpaired) electrons. The lowest BCUT2D eigenvalue weighted by Gasteiger charge is -2.30. The highest BCUT2D eigenvalue weighted by molar-refractivity contribution is 5.85. The molecule has 0 aromatic rings. The number of piperazine rings is 1. The molecule has 0 atom stereocenters. The summed E-state index contributed by atoms with van der Waals surface area (Å²) in [6, 6.07) is 0. The van der Waals surface area contributed by atoms with Gasteiger partial charge in [-0.3, -0.25) is 4.79 Å². The van der Waals surface area contributed by atoms with Crippen molar-refractivity contribution in [2.45, 2.75) is 27.2 Å². The van der Waals surface area contributed by atoms with Crippen molar-refractivity contribution in [2.75, 3.05) is 26.2 Å². The summed E-state index contributed by atoms with van der Waals surface area (Å²) in [4.78, 5) is 13.7. The van der Waals surface area contributed by atoms with Gasteiger partial charge in [-0.1, -0.05) is 20.8 Å². The molecule has 0 bridgehead atoms. The SMILES string of the molecule is CC(C)(C)CC(=O)N1CCNCC1.Cl.Cl. The summed E-state index contributed by atoms with van der Waals surface area (Å²) in [6.07, 6.45) is 0.660. The molecule has 5 heteroatoms. The molecule has 1 aliphatic heterocycles. The van der Waals surface area contributed by atoms with Crippen molar-refractivity contribution in [3.05, 3.63) is 0 Å². The fraction of sp³-hybridized carbons (Fsp3) is 0.900. The summed E-state index contributed by atoms with van der Waals surface area (Å²) in [6.45, 7) is 9.93. The van der Waals surface area contributed by atoms with Crippen molar-refractivity contribution >= 4 is 30.7 Å². The van der Waals surface area contributed by atoms with Crippen LogP contribution in [0.2, 0.25) is 0 Å². The van der Waals surface area contributed by atoms with Gasteiger partial charge >= 0.3 is 0 Å². The quantitative estimate of drug-likeness (QED) is 0.775. The summed E-state index contributed by atoms with van der Waals surface area (Å²) in [5.41, 5.74) is 0.113. The Bertz CT molecular complexity index is 186. The molecule has 0 aromatic carbocycles. The van der Waals surface area contributed by atoms with E-state index < -0.39 is 0 Å². The number of halogens is 2. The number of hydrogen-bond acceptors (Lipinski definition) is 2. The van der Waals surface area contributed by atoms with E-state index in [-0.39, 0.29) is 30.2 Å². The largest absolute Gasteiger partial charge is 0.340 e. The average molecular weight is 257 g/mol. The number of amides is 1. The molecule has 1 N–H and O–H groups in total. The number of carbonyl (C=O) groups excluding carboxylic acids is 1. The van der Waals surface area contributed by atoms with Gasteiger partial charge in [0.15, 0.2) is 0 Å². The summed E-state index contributed by atoms with van der Waals surface area (Å²) < 4.78 is 0. The fourth-order valence-electron chi connectivity index (χ4n) is 1.48. The molecular formula is C10H22Cl2N2O. The van der Waals surface area contributed by atoms with Gasteiger partial charge in [-0.05, 0) is 5.41 Å². The fourth-order valence-corrected chi connectivity index (χ4v) is 1.48. The first kappa shape index (κ1) is 17.4. The molecule has 0 aliphatic carbocycles. The highest BCUT2D eigenvalue weighted by atomic mass is 35.5. The smallest absolute Gasteiger partial charge is 0.223 e. The lowest BCUT2D eigenvalue weighted by molar-refractivity contribution is -0.133. The van der Waals surface area contributed by atoms with Crippen LogP contribution in [-0.4, -0.2) is 37.0 Å². The van der Waals surface area contributed by atoms with Crippen LogP contribution in [-0.2, 0) is 4.79 Å². The van der Waals surface area contributed by atoms with Crippen LogP contribution in [0.4, 0.5) is 0 Å². The molecule has 0 saturated carbocycles. The van der Waals surface area contributed by atoms with E-state index in [0.29, 0.717) is 12.3 Å². The van der Waals surface area contributed by atoms with Crippen LogP contribution in [0.3, 0.4) is 0 Å². The third-order valence-electron chi connectivity index (χ3n) is 2.15. The maximum atomic E-state index is 11.7. The van der Waals surface area contributed by atoms with Gasteiger partial charge in [0.2, 0.25) is 5.91 Å². The van der Waals surface area contributed by atoms with E-state index in [1.165, 1.54) is 0 Å². The summed E-state index contributed by atoms with van der Waals surface area (Å²) in [7, 11) is 0. The Kier molecular flexibility index (Phi) is 8.48. The minimum atomic E-state index is 0. The van der Waals surface area contributed by atoms with E-state index in [4.69, 9.17) is 0 Å². The number of rotatable bonds is 1. The Morgan fingerprint density at radius 1 is 1.20 bits per heavy atom. The minimum absolute atomic E-state index is 0. The van der Waals surface area contributed by atoms with Crippen LogP contribution in [0.5, 0.6) is 0 Å². The van der Waals surface area contributed by atoms with Crippen molar-refractivity contribution in [3.63, 3.8) is 0 Å². The Morgan fingerprint density at radius 3 is 2.07 bits per heavy atom. The Hall–Kier alpha value is 0.01000. The van der Waals surface area contributed by atoms with Gasteiger partial charge in [-0.25, -0.2) is 0 Å². The number of hydrogen-bond donors (Lipinski definition) is 1. The second-order valence-electron chi connectivity index (χ2n) is 4.87. The van der Waals surface area contributed by atoms with E-state index >= 15 is 0 Å². The first-order valence-corrected chi connectivity index (χ1v) is 4.97. The topological polar surface area (TPSA) is 32.3 Å². The molecule has 1 fully saturated rings. The molecule has 1 amide bonds. The molecule has 1 saturated heterocycles. The molecule has 0 spiro atoms. The van der Waals surface area contributed by atoms with Gasteiger partial charge in [0.25, 0.3) is 0 Å². The van der Waals surface area contributed by atoms with Crippen molar-refractivity contribution < 1.29 is 4.79 Å². The van der Waals surface area contributed by atoms with Crippen LogP contribution in [0.15, 0.2) is 0 Å². The van der Waals surface area contributed by atoms with Crippen LogP contribution in [0.1, 0.15) is 27.2 Å². The number of carbonyl (C=O) groups is 1. The Balaban J connectivity index is 0. The molecule has 0 aromatic heterocycles. The molecular weight excluding hydrogens is 235 g/mol. The second-order valence-corrected chi connectivity index (χ2v) is 4.87. The van der Waals surface area contributed by atoms with Crippen molar-refractivity contribution in [1.29, 1.82) is 0 Å². The van der Waals surface area contributed by atoms with Gasteiger partial charge in [-0.2, -0.15) is 0 Å². The Labute approximate surface area is 105 Å². The molecule has 1 rings (SSSR count). The summed E-state index contributed by atoms with van der Waals surface area (Å²) in [5.74, 6) is 0.300. The number of nitrogens with zero attached hydrogens (tertiary/aromatic N) is 1. The van der Waals surface area contributed by atoms with E-state index in [0.717, 1.165) is 26.2 Å². The lowest BCUT2D eigenvalue weighted by atomic mass is 9.91. The van der Waals surface area contributed by atoms with Crippen LogP contribution in [0, 0.1) is 5.41 Å². The maximum absolute atomic E-state index is 11.7. The van der Waals surface area contributed by atoms with E-state index in [9.17, 15) is 4.79 Å². The van der Waals surface area contributed by atoms with Gasteiger partial charge in [0.05, 0.1) is 0 Å².